The smallest absolute Gasteiger partial charge is 0.298 e. The second kappa shape index (κ2) is 8.20. The third kappa shape index (κ3) is 6.62. The predicted molar refractivity (Wildman–Crippen MR) is 84.0 cm³/mol. The molecular weight excluding hydrogens is 353 g/mol. The fraction of sp³-hybridized carbons (Fsp3) is 0.929. The van der Waals surface area contributed by atoms with Gasteiger partial charge in [0.15, 0.2) is 0 Å². The van der Waals surface area contributed by atoms with Gasteiger partial charge in [0.05, 0.1) is 4.75 Å². The zero-order valence-electron chi connectivity index (χ0n) is 12.8. The van der Waals surface area contributed by atoms with Crippen LogP contribution < -0.4 is 0 Å². The third-order valence-corrected chi connectivity index (χ3v) is 5.65. The zero-order valence-corrected chi connectivity index (χ0v) is 14.5. The largest absolute Gasteiger partial charge is 0.522 e. The lowest BCUT2D eigenvalue weighted by Gasteiger charge is -2.26. The molecule has 1 atom stereocenters. The fourth-order valence-electron chi connectivity index (χ4n) is 3.17. The molecule has 0 spiro atoms. The Morgan fingerprint density at radius 3 is 1.96 bits per heavy atom. The van der Waals surface area contributed by atoms with Crippen molar-refractivity contribution in [1.29, 1.82) is 0 Å². The number of halogens is 3. The average molecular weight is 376 g/mol. The van der Waals surface area contributed by atoms with Gasteiger partial charge in [0.25, 0.3) is 0 Å². The fourth-order valence-corrected chi connectivity index (χ4v) is 3.70. The highest BCUT2D eigenvalue weighted by Gasteiger charge is 2.44. The summed E-state index contributed by atoms with van der Waals surface area (Å²) in [6, 6.07) is 0. The van der Waals surface area contributed by atoms with Crippen LogP contribution in [-0.4, -0.2) is 29.0 Å². The van der Waals surface area contributed by atoms with E-state index < -0.39 is 15.6 Å². The van der Waals surface area contributed by atoms with Gasteiger partial charge in [-0.1, -0.05) is 38.5 Å². The molecule has 1 unspecified atom stereocenters. The summed E-state index contributed by atoms with van der Waals surface area (Å²) in [4.78, 5) is 11.8. The minimum Gasteiger partial charge on any atom is -0.298 e. The van der Waals surface area contributed by atoms with E-state index in [-0.39, 0.29) is 4.75 Å². The van der Waals surface area contributed by atoms with Crippen LogP contribution in [0.1, 0.15) is 64.2 Å². The van der Waals surface area contributed by atoms with E-state index in [0.717, 1.165) is 31.6 Å². The Kier molecular flexibility index (Phi) is 7.40. The van der Waals surface area contributed by atoms with Gasteiger partial charge >= 0.3 is 15.6 Å². The number of hydrogen-bond acceptors (Lipinski definition) is 4. The van der Waals surface area contributed by atoms with Gasteiger partial charge in [0.2, 0.25) is 0 Å². The second-order valence-corrected chi connectivity index (χ2v) is 8.56. The van der Waals surface area contributed by atoms with Gasteiger partial charge in [0.1, 0.15) is 5.78 Å². The highest BCUT2D eigenvalue weighted by molar-refractivity contribution is 7.86. The van der Waals surface area contributed by atoms with E-state index in [9.17, 15) is 18.0 Å². The summed E-state index contributed by atoms with van der Waals surface area (Å²) in [5.74, 6) is 1.18. The maximum absolute atomic E-state index is 11.8. The predicted octanol–water partition coefficient (Wildman–Crippen LogP) is 4.16. The van der Waals surface area contributed by atoms with Crippen LogP contribution in [0.15, 0.2) is 0 Å². The molecule has 0 heterocycles. The Bertz CT molecular complexity index is 497. The molecule has 0 bridgehead atoms. The van der Waals surface area contributed by atoms with Crippen LogP contribution >= 0.6 is 12.6 Å². The van der Waals surface area contributed by atoms with Crippen molar-refractivity contribution in [3.63, 3.8) is 0 Å². The Labute approximate surface area is 140 Å². The summed E-state index contributed by atoms with van der Waals surface area (Å²) >= 11 is 4.67. The van der Waals surface area contributed by atoms with Crippen molar-refractivity contribution in [2.24, 2.45) is 5.92 Å². The first-order valence-corrected chi connectivity index (χ1v) is 9.64. The normalized spacial score (nSPS) is 27.3. The van der Waals surface area contributed by atoms with E-state index in [0.29, 0.717) is 5.78 Å². The molecule has 23 heavy (non-hydrogen) atoms. The number of rotatable bonds is 2. The zero-order chi connectivity index (χ0) is 17.7. The van der Waals surface area contributed by atoms with Gasteiger partial charge in [-0.15, -0.1) is 0 Å². The number of thiol groups is 1. The van der Waals surface area contributed by atoms with Crippen molar-refractivity contribution in [1.82, 2.24) is 0 Å². The van der Waals surface area contributed by atoms with E-state index >= 15 is 0 Å². The van der Waals surface area contributed by atoms with Crippen molar-refractivity contribution in [3.8, 4) is 0 Å². The van der Waals surface area contributed by atoms with Crippen LogP contribution in [0.2, 0.25) is 0 Å². The number of ketones is 1. The van der Waals surface area contributed by atoms with Gasteiger partial charge in [0, 0.05) is 6.42 Å². The summed E-state index contributed by atoms with van der Waals surface area (Å²) in [5.41, 5.74) is -5.53. The highest BCUT2D eigenvalue weighted by atomic mass is 32.2. The van der Waals surface area contributed by atoms with Crippen molar-refractivity contribution in [2.45, 2.75) is 74.5 Å². The number of carbonyl (C=O) groups excluding carboxylic acids is 1. The molecule has 0 amide bonds. The van der Waals surface area contributed by atoms with Crippen LogP contribution in [0.25, 0.3) is 0 Å². The first-order chi connectivity index (χ1) is 10.5. The quantitative estimate of drug-likeness (QED) is 0.328. The van der Waals surface area contributed by atoms with Crippen LogP contribution in [0.5, 0.6) is 0 Å². The van der Waals surface area contributed by atoms with Gasteiger partial charge < -0.3 is 0 Å². The van der Waals surface area contributed by atoms with Gasteiger partial charge in [-0.3, -0.25) is 9.35 Å². The summed E-state index contributed by atoms with van der Waals surface area (Å²) < 4.78 is 57.3. The molecular formula is C14H23F3O4S2. The average Bonchev–Trinajstić information content (AvgIpc) is 2.62. The monoisotopic (exact) mass is 376 g/mol. The number of alkyl halides is 3. The lowest BCUT2D eigenvalue weighted by atomic mass is 9.87. The van der Waals surface area contributed by atoms with Gasteiger partial charge in [-0.05, 0) is 25.2 Å². The number of Topliss-reactive ketones (excluding diaryl/α,β-unsaturated/α-hetero) is 1. The first kappa shape index (κ1) is 20.8. The minimum absolute atomic E-state index is 0.241. The third-order valence-electron chi connectivity index (χ3n) is 4.41. The van der Waals surface area contributed by atoms with Crippen LogP contribution in [0.3, 0.4) is 0 Å². The van der Waals surface area contributed by atoms with E-state index in [1.807, 2.05) is 0 Å². The summed E-state index contributed by atoms with van der Waals surface area (Å²) in [6.45, 7) is 0. The van der Waals surface area contributed by atoms with Crippen molar-refractivity contribution >= 4 is 28.5 Å². The molecule has 0 aliphatic heterocycles. The molecule has 0 saturated heterocycles. The van der Waals surface area contributed by atoms with Crippen molar-refractivity contribution in [2.75, 3.05) is 0 Å². The molecule has 1 N–H and O–H groups in total. The van der Waals surface area contributed by atoms with Crippen molar-refractivity contribution in [3.05, 3.63) is 0 Å². The van der Waals surface area contributed by atoms with E-state index in [4.69, 9.17) is 13.0 Å². The van der Waals surface area contributed by atoms with Crippen LogP contribution in [-0.2, 0) is 14.9 Å². The summed E-state index contributed by atoms with van der Waals surface area (Å²) in [7, 11) is -5.84. The molecule has 9 heteroatoms. The standard InChI is InChI=1S/C13H22OS.CHF3O3S/c14-12-8-5-9-13(12,15)10-11-6-3-1-2-4-7-11;2-1(3,4)8(5,6)7/h11,15H,1-10H2;(H,5,6,7). The molecule has 2 aliphatic rings. The maximum atomic E-state index is 11.8. The Morgan fingerprint density at radius 1 is 1.13 bits per heavy atom. The van der Waals surface area contributed by atoms with E-state index in [2.05, 4.69) is 12.6 Å². The Hall–Kier alpha value is -0.280. The molecule has 136 valence electrons. The SMILES string of the molecule is O=C1CCCC1(S)CC1CCCCCC1.O=S(=O)(O)C(F)(F)F. The summed E-state index contributed by atoms with van der Waals surface area (Å²) in [6.07, 6.45) is 12.1. The number of hydrogen-bond donors (Lipinski definition) is 2. The molecule has 0 radical (unpaired) electrons. The maximum Gasteiger partial charge on any atom is 0.522 e. The molecule has 2 saturated carbocycles. The number of carbonyl (C=O) groups is 1. The van der Waals surface area contributed by atoms with Crippen LogP contribution in [0.4, 0.5) is 13.2 Å². The molecule has 4 nitrogen and oxygen atoms in total. The topological polar surface area (TPSA) is 71.4 Å². The van der Waals surface area contributed by atoms with Crippen molar-refractivity contribution < 1.29 is 30.9 Å². The molecule has 0 aromatic heterocycles. The van der Waals surface area contributed by atoms with Crippen LogP contribution in [0, 0.1) is 5.92 Å². The second-order valence-electron chi connectivity index (χ2n) is 6.29. The molecule has 0 aromatic rings. The molecule has 2 rings (SSSR count). The first-order valence-electron chi connectivity index (χ1n) is 7.75. The van der Waals surface area contributed by atoms with Gasteiger partial charge in [-0.2, -0.15) is 34.2 Å². The Balaban J connectivity index is 0.000000284. The lowest BCUT2D eigenvalue weighted by molar-refractivity contribution is -0.119. The molecule has 2 fully saturated rings. The molecule has 0 aromatic carbocycles. The van der Waals surface area contributed by atoms with E-state index in [1.165, 1.54) is 38.5 Å². The summed E-state index contributed by atoms with van der Waals surface area (Å²) in [5, 5.41) is 0. The van der Waals surface area contributed by atoms with E-state index in [1.54, 1.807) is 0 Å². The minimum atomic E-state index is -5.84. The highest BCUT2D eigenvalue weighted by Crippen LogP contribution is 2.40. The molecule has 2 aliphatic carbocycles. The lowest BCUT2D eigenvalue weighted by Crippen LogP contribution is -2.29. The van der Waals surface area contributed by atoms with Gasteiger partial charge in [-0.25, -0.2) is 0 Å². The Morgan fingerprint density at radius 2 is 1.61 bits per heavy atom.